The lowest BCUT2D eigenvalue weighted by atomic mass is 10.0. The Balaban J connectivity index is 2.30. The van der Waals surface area contributed by atoms with Crippen molar-refractivity contribution in [2.75, 3.05) is 13.6 Å². The standard InChI is InChI=1S/C14H16ClF3N2/c1-3-20-7-6-19(2)13(20)8-10-4-5-11(15)9-12(10)14(16,17)18/h4-7,9,13H,3,8H2,1-2H3. The van der Waals surface area contributed by atoms with Crippen LogP contribution in [0.5, 0.6) is 0 Å². The summed E-state index contributed by atoms with van der Waals surface area (Å²) >= 11 is 5.69. The molecule has 0 fully saturated rings. The van der Waals surface area contributed by atoms with E-state index >= 15 is 0 Å². The van der Waals surface area contributed by atoms with Gasteiger partial charge in [-0.25, -0.2) is 0 Å². The van der Waals surface area contributed by atoms with E-state index in [0.717, 1.165) is 12.6 Å². The summed E-state index contributed by atoms with van der Waals surface area (Å²) in [6.45, 7) is 2.73. The lowest BCUT2D eigenvalue weighted by Gasteiger charge is -2.30. The van der Waals surface area contributed by atoms with Crippen LogP contribution in [0.1, 0.15) is 18.1 Å². The monoisotopic (exact) mass is 304 g/mol. The highest BCUT2D eigenvalue weighted by molar-refractivity contribution is 6.30. The van der Waals surface area contributed by atoms with Crippen molar-refractivity contribution in [3.05, 3.63) is 46.7 Å². The van der Waals surface area contributed by atoms with E-state index in [0.29, 0.717) is 6.42 Å². The Morgan fingerprint density at radius 3 is 2.55 bits per heavy atom. The van der Waals surface area contributed by atoms with Crippen LogP contribution in [0.25, 0.3) is 0 Å². The number of halogens is 4. The largest absolute Gasteiger partial charge is 0.416 e. The molecule has 1 unspecified atom stereocenters. The van der Waals surface area contributed by atoms with Gasteiger partial charge in [0.25, 0.3) is 0 Å². The van der Waals surface area contributed by atoms with Gasteiger partial charge in [-0.1, -0.05) is 17.7 Å². The Bertz CT molecular complexity index is 514. The molecule has 1 atom stereocenters. The zero-order chi connectivity index (χ0) is 14.9. The van der Waals surface area contributed by atoms with Crippen LogP contribution in [0.2, 0.25) is 5.02 Å². The van der Waals surface area contributed by atoms with Crippen molar-refractivity contribution in [2.45, 2.75) is 25.7 Å². The van der Waals surface area contributed by atoms with Crippen molar-refractivity contribution in [3.8, 4) is 0 Å². The van der Waals surface area contributed by atoms with E-state index in [2.05, 4.69) is 0 Å². The van der Waals surface area contributed by atoms with E-state index in [-0.39, 0.29) is 16.8 Å². The number of benzene rings is 1. The van der Waals surface area contributed by atoms with Crippen LogP contribution in [0.4, 0.5) is 13.2 Å². The van der Waals surface area contributed by atoms with Gasteiger partial charge in [0.2, 0.25) is 0 Å². The second kappa shape index (κ2) is 5.56. The maximum Gasteiger partial charge on any atom is 0.416 e. The summed E-state index contributed by atoms with van der Waals surface area (Å²) in [5.41, 5.74) is -0.387. The Labute approximate surface area is 121 Å². The summed E-state index contributed by atoms with van der Waals surface area (Å²) < 4.78 is 39.2. The lowest BCUT2D eigenvalue weighted by molar-refractivity contribution is -0.138. The van der Waals surface area contributed by atoms with E-state index in [1.54, 1.807) is 0 Å². The average Bonchev–Trinajstić information content (AvgIpc) is 2.71. The minimum absolute atomic E-state index is 0.0951. The first-order chi connectivity index (χ1) is 9.32. The Hall–Kier alpha value is -1.36. The molecule has 2 rings (SSSR count). The second-order valence-electron chi connectivity index (χ2n) is 4.78. The van der Waals surface area contributed by atoms with Crippen LogP contribution in [0, 0.1) is 0 Å². The predicted molar refractivity (Wildman–Crippen MR) is 73.2 cm³/mol. The molecular formula is C14H16ClF3N2. The molecule has 0 spiro atoms. The topological polar surface area (TPSA) is 6.48 Å². The minimum atomic E-state index is -4.39. The molecule has 110 valence electrons. The van der Waals surface area contributed by atoms with Gasteiger partial charge in [0, 0.05) is 37.4 Å². The molecule has 6 heteroatoms. The zero-order valence-corrected chi connectivity index (χ0v) is 12.0. The smallest absolute Gasteiger partial charge is 0.359 e. The Morgan fingerprint density at radius 1 is 1.25 bits per heavy atom. The summed E-state index contributed by atoms with van der Waals surface area (Å²) in [6.07, 6.45) is -0.418. The second-order valence-corrected chi connectivity index (χ2v) is 5.21. The minimum Gasteiger partial charge on any atom is -0.359 e. The Kier molecular flexibility index (Phi) is 4.18. The lowest BCUT2D eigenvalue weighted by Crippen LogP contribution is -2.38. The third-order valence-corrected chi connectivity index (χ3v) is 3.73. The maximum atomic E-state index is 13.1. The van der Waals surface area contributed by atoms with Gasteiger partial charge in [0.15, 0.2) is 0 Å². The molecule has 0 bridgehead atoms. The average molecular weight is 305 g/mol. The molecule has 1 aromatic rings. The third-order valence-electron chi connectivity index (χ3n) is 3.49. The normalized spacial score (nSPS) is 19.0. The number of hydrogen-bond acceptors (Lipinski definition) is 2. The Morgan fingerprint density at radius 2 is 1.95 bits per heavy atom. The van der Waals surface area contributed by atoms with Gasteiger partial charge in [0.05, 0.1) is 5.56 Å². The molecule has 0 N–H and O–H groups in total. The molecule has 1 aromatic carbocycles. The van der Waals surface area contributed by atoms with Crippen LogP contribution in [0.15, 0.2) is 30.6 Å². The predicted octanol–water partition coefficient (Wildman–Crippen LogP) is 3.97. The van der Waals surface area contributed by atoms with Crippen molar-refractivity contribution in [1.29, 1.82) is 0 Å². The highest BCUT2D eigenvalue weighted by atomic mass is 35.5. The number of nitrogens with zero attached hydrogens (tertiary/aromatic N) is 2. The van der Waals surface area contributed by atoms with Crippen LogP contribution >= 0.6 is 11.6 Å². The van der Waals surface area contributed by atoms with Crippen molar-refractivity contribution in [1.82, 2.24) is 9.80 Å². The van der Waals surface area contributed by atoms with E-state index < -0.39 is 11.7 Å². The molecular weight excluding hydrogens is 289 g/mol. The van der Waals surface area contributed by atoms with Crippen LogP contribution < -0.4 is 0 Å². The van der Waals surface area contributed by atoms with Crippen molar-refractivity contribution < 1.29 is 13.2 Å². The van der Waals surface area contributed by atoms with Gasteiger partial charge in [0.1, 0.15) is 6.17 Å². The number of rotatable bonds is 3. The zero-order valence-electron chi connectivity index (χ0n) is 11.3. The number of likely N-dealkylation sites (N-methyl/N-ethyl adjacent to an activating group) is 2. The fraction of sp³-hybridized carbons (Fsp3) is 0.429. The van der Waals surface area contributed by atoms with Crippen LogP contribution in [-0.4, -0.2) is 29.6 Å². The first-order valence-corrected chi connectivity index (χ1v) is 6.72. The van der Waals surface area contributed by atoms with Gasteiger partial charge >= 0.3 is 6.18 Å². The van der Waals surface area contributed by atoms with Crippen molar-refractivity contribution in [3.63, 3.8) is 0 Å². The molecule has 0 amide bonds. The van der Waals surface area contributed by atoms with E-state index in [1.165, 1.54) is 12.1 Å². The number of alkyl halides is 3. The highest BCUT2D eigenvalue weighted by Gasteiger charge is 2.35. The van der Waals surface area contributed by atoms with E-state index in [1.807, 2.05) is 36.2 Å². The molecule has 1 heterocycles. The molecule has 0 aliphatic carbocycles. The quantitative estimate of drug-likeness (QED) is 0.834. The van der Waals surface area contributed by atoms with E-state index in [9.17, 15) is 13.2 Å². The van der Waals surface area contributed by atoms with Crippen molar-refractivity contribution >= 4 is 11.6 Å². The summed E-state index contributed by atoms with van der Waals surface area (Å²) in [4.78, 5) is 3.92. The first-order valence-electron chi connectivity index (χ1n) is 6.34. The molecule has 20 heavy (non-hydrogen) atoms. The molecule has 0 aromatic heterocycles. The van der Waals surface area contributed by atoms with Gasteiger partial charge in [-0.05, 0) is 24.6 Å². The summed E-state index contributed by atoms with van der Waals surface area (Å²) in [6, 6.07) is 3.96. The first kappa shape index (κ1) is 15.0. The highest BCUT2D eigenvalue weighted by Crippen LogP contribution is 2.35. The molecule has 0 radical (unpaired) electrons. The fourth-order valence-corrected chi connectivity index (χ4v) is 2.56. The molecule has 0 saturated heterocycles. The summed E-state index contributed by atoms with van der Waals surface area (Å²) in [7, 11) is 1.86. The van der Waals surface area contributed by atoms with Gasteiger partial charge in [-0.15, -0.1) is 0 Å². The van der Waals surface area contributed by atoms with Crippen molar-refractivity contribution in [2.24, 2.45) is 0 Å². The fourth-order valence-electron chi connectivity index (χ4n) is 2.39. The van der Waals surface area contributed by atoms with Crippen LogP contribution in [0.3, 0.4) is 0 Å². The maximum absolute atomic E-state index is 13.1. The SMILES string of the molecule is CCN1C=CN(C)C1Cc1ccc(Cl)cc1C(F)(F)F. The number of hydrogen-bond donors (Lipinski definition) is 0. The molecule has 1 aliphatic heterocycles. The van der Waals surface area contributed by atoms with Gasteiger partial charge in [-0.2, -0.15) is 13.2 Å². The summed E-state index contributed by atoms with van der Waals surface area (Å²) in [5, 5.41) is 0.103. The van der Waals surface area contributed by atoms with Gasteiger partial charge in [-0.3, -0.25) is 0 Å². The van der Waals surface area contributed by atoms with E-state index in [4.69, 9.17) is 11.6 Å². The summed E-state index contributed by atoms with van der Waals surface area (Å²) in [5.74, 6) is 0. The molecule has 2 nitrogen and oxygen atoms in total. The molecule has 1 aliphatic rings. The third kappa shape index (κ3) is 3.03. The van der Waals surface area contributed by atoms with Crippen LogP contribution in [-0.2, 0) is 12.6 Å². The van der Waals surface area contributed by atoms with Gasteiger partial charge < -0.3 is 9.80 Å². The molecule has 0 saturated carbocycles.